The largest absolute Gasteiger partial charge is 0.488 e. The molecule has 0 bridgehead atoms. The van der Waals surface area contributed by atoms with E-state index in [1.807, 2.05) is 0 Å². The molecule has 0 fully saturated rings. The Kier molecular flexibility index (Phi) is 1.99. The number of fused-ring (bicyclic) bond motifs is 1. The molecule has 0 aliphatic carbocycles. The van der Waals surface area contributed by atoms with E-state index >= 15 is 0 Å². The molecule has 1 aliphatic rings. The van der Waals surface area contributed by atoms with Crippen molar-refractivity contribution in [2.24, 2.45) is 0 Å². The van der Waals surface area contributed by atoms with Gasteiger partial charge in [-0.2, -0.15) is 5.26 Å². The summed E-state index contributed by atoms with van der Waals surface area (Å²) in [6.07, 6.45) is 0. The minimum absolute atomic E-state index is 0.286. The fraction of sp³-hybridized carbons (Fsp3) is 0.222. The van der Waals surface area contributed by atoms with Crippen LogP contribution in [-0.4, -0.2) is 12.6 Å². The van der Waals surface area contributed by atoms with Gasteiger partial charge in [0.1, 0.15) is 18.4 Å². The van der Waals surface area contributed by atoms with Gasteiger partial charge in [0.15, 0.2) is 0 Å². The quantitative estimate of drug-likeness (QED) is 0.688. The topological polar surface area (TPSA) is 45.0 Å². The number of nitriles is 1. The minimum atomic E-state index is -0.286. The number of hydrogen-bond acceptors (Lipinski definition) is 3. The molecule has 1 atom stereocenters. The summed E-state index contributed by atoms with van der Waals surface area (Å²) in [4.78, 5) is 0. The number of hydrogen-bond donors (Lipinski definition) is 1. The van der Waals surface area contributed by atoms with Crippen LogP contribution in [0.15, 0.2) is 18.2 Å². The van der Waals surface area contributed by atoms with Crippen LogP contribution in [0.25, 0.3) is 0 Å². The molecule has 1 heterocycles. The van der Waals surface area contributed by atoms with Crippen molar-refractivity contribution in [2.75, 3.05) is 11.9 Å². The molecule has 0 saturated heterocycles. The monoisotopic (exact) mass is 194 g/mol. The molecule has 4 heteroatoms. The standard InChI is InChI=1S/C9H7ClN2O/c10-6-1-2-9-8(3-6)12-7(4-11)5-13-9/h1-3,7,12H,5H2. The van der Waals surface area contributed by atoms with E-state index in [0.29, 0.717) is 11.6 Å². The zero-order chi connectivity index (χ0) is 9.26. The number of rotatable bonds is 0. The molecule has 0 spiro atoms. The van der Waals surface area contributed by atoms with Crippen LogP contribution in [0.2, 0.25) is 5.02 Å². The van der Waals surface area contributed by atoms with E-state index < -0.39 is 0 Å². The molecule has 0 saturated carbocycles. The van der Waals surface area contributed by atoms with Crippen molar-refractivity contribution in [2.45, 2.75) is 6.04 Å². The van der Waals surface area contributed by atoms with Crippen molar-refractivity contribution in [3.8, 4) is 11.8 Å². The lowest BCUT2D eigenvalue weighted by molar-refractivity contribution is 0.304. The van der Waals surface area contributed by atoms with Gasteiger partial charge < -0.3 is 10.1 Å². The molecule has 1 N–H and O–H groups in total. The van der Waals surface area contributed by atoms with E-state index in [-0.39, 0.29) is 6.04 Å². The van der Waals surface area contributed by atoms with Gasteiger partial charge in [-0.1, -0.05) is 11.6 Å². The normalized spacial score (nSPS) is 19.2. The first kappa shape index (κ1) is 8.21. The molecule has 0 amide bonds. The first-order chi connectivity index (χ1) is 6.29. The minimum Gasteiger partial charge on any atom is -0.488 e. The summed E-state index contributed by atoms with van der Waals surface area (Å²) in [6.45, 7) is 0.380. The molecule has 1 aromatic carbocycles. The Morgan fingerprint density at radius 2 is 2.46 bits per heavy atom. The molecule has 0 aromatic heterocycles. The summed E-state index contributed by atoms with van der Waals surface area (Å²) in [7, 11) is 0. The molecular weight excluding hydrogens is 188 g/mol. The van der Waals surface area contributed by atoms with Crippen molar-refractivity contribution < 1.29 is 4.74 Å². The molecule has 66 valence electrons. The van der Waals surface area contributed by atoms with Gasteiger partial charge in [-0.05, 0) is 18.2 Å². The lowest BCUT2D eigenvalue weighted by Crippen LogP contribution is -2.29. The summed E-state index contributed by atoms with van der Waals surface area (Å²) >= 11 is 5.79. The van der Waals surface area contributed by atoms with Crippen molar-refractivity contribution in [1.82, 2.24) is 0 Å². The van der Waals surface area contributed by atoms with Crippen LogP contribution in [0.5, 0.6) is 5.75 Å². The van der Waals surface area contributed by atoms with Crippen molar-refractivity contribution in [3.63, 3.8) is 0 Å². The molecule has 0 radical (unpaired) electrons. The lowest BCUT2D eigenvalue weighted by atomic mass is 10.2. The Bertz CT molecular complexity index is 372. The SMILES string of the molecule is N#CC1COc2ccc(Cl)cc2N1. The number of nitrogens with zero attached hydrogens (tertiary/aromatic N) is 1. The first-order valence-electron chi connectivity index (χ1n) is 3.88. The maximum absolute atomic E-state index is 8.66. The van der Waals surface area contributed by atoms with E-state index in [1.54, 1.807) is 18.2 Å². The van der Waals surface area contributed by atoms with Gasteiger partial charge >= 0.3 is 0 Å². The molecule has 2 rings (SSSR count). The van der Waals surface area contributed by atoms with Gasteiger partial charge in [0, 0.05) is 5.02 Å². The van der Waals surface area contributed by atoms with Crippen LogP contribution >= 0.6 is 11.6 Å². The Hall–Kier alpha value is -1.40. The number of anilines is 1. The molecule has 3 nitrogen and oxygen atoms in total. The predicted molar refractivity (Wildman–Crippen MR) is 50.0 cm³/mol. The zero-order valence-electron chi connectivity index (χ0n) is 6.75. The third-order valence-electron chi connectivity index (χ3n) is 1.83. The highest BCUT2D eigenvalue weighted by molar-refractivity contribution is 6.30. The van der Waals surface area contributed by atoms with Gasteiger partial charge in [0.05, 0.1) is 11.8 Å². The fourth-order valence-electron chi connectivity index (χ4n) is 1.21. The van der Waals surface area contributed by atoms with Crippen LogP contribution in [0.3, 0.4) is 0 Å². The van der Waals surface area contributed by atoms with E-state index in [9.17, 15) is 0 Å². The van der Waals surface area contributed by atoms with Crippen molar-refractivity contribution >= 4 is 17.3 Å². The number of halogens is 1. The second-order valence-corrected chi connectivity index (χ2v) is 3.21. The van der Waals surface area contributed by atoms with Gasteiger partial charge in [0.25, 0.3) is 0 Å². The van der Waals surface area contributed by atoms with E-state index in [4.69, 9.17) is 21.6 Å². The van der Waals surface area contributed by atoms with Crippen LogP contribution in [-0.2, 0) is 0 Å². The maximum atomic E-state index is 8.66. The van der Waals surface area contributed by atoms with Crippen molar-refractivity contribution in [1.29, 1.82) is 5.26 Å². The predicted octanol–water partition coefficient (Wildman–Crippen LogP) is 2.04. The summed E-state index contributed by atoms with van der Waals surface area (Å²) in [6, 6.07) is 7.10. The average molecular weight is 195 g/mol. The molecule has 1 aromatic rings. The summed E-state index contributed by atoms with van der Waals surface area (Å²) in [5.74, 6) is 0.746. The van der Waals surface area contributed by atoms with Crippen LogP contribution < -0.4 is 10.1 Å². The summed E-state index contributed by atoms with van der Waals surface area (Å²) in [5.41, 5.74) is 0.783. The lowest BCUT2D eigenvalue weighted by Gasteiger charge is -2.22. The van der Waals surface area contributed by atoms with E-state index in [1.165, 1.54) is 0 Å². The van der Waals surface area contributed by atoms with Gasteiger partial charge in [-0.25, -0.2) is 0 Å². The zero-order valence-corrected chi connectivity index (χ0v) is 7.51. The van der Waals surface area contributed by atoms with Gasteiger partial charge in [-0.3, -0.25) is 0 Å². The number of ether oxygens (including phenoxy) is 1. The molecular formula is C9H7ClN2O. The average Bonchev–Trinajstić information content (AvgIpc) is 2.16. The fourth-order valence-corrected chi connectivity index (χ4v) is 1.38. The van der Waals surface area contributed by atoms with Gasteiger partial charge in [-0.15, -0.1) is 0 Å². The molecule has 13 heavy (non-hydrogen) atoms. The van der Waals surface area contributed by atoms with Crippen LogP contribution in [0.1, 0.15) is 0 Å². The highest BCUT2D eigenvalue weighted by atomic mass is 35.5. The summed E-state index contributed by atoms with van der Waals surface area (Å²) < 4.78 is 5.34. The summed E-state index contributed by atoms with van der Waals surface area (Å²) in [5, 5.41) is 12.3. The molecule has 1 unspecified atom stereocenters. The number of benzene rings is 1. The smallest absolute Gasteiger partial charge is 0.149 e. The number of nitrogens with one attached hydrogen (secondary N) is 1. The third kappa shape index (κ3) is 1.53. The van der Waals surface area contributed by atoms with Crippen LogP contribution in [0, 0.1) is 11.3 Å². The highest BCUT2D eigenvalue weighted by Crippen LogP contribution is 2.31. The van der Waals surface area contributed by atoms with E-state index in [0.717, 1.165) is 11.4 Å². The van der Waals surface area contributed by atoms with Crippen molar-refractivity contribution in [3.05, 3.63) is 23.2 Å². The maximum Gasteiger partial charge on any atom is 0.149 e. The Morgan fingerprint density at radius 1 is 1.62 bits per heavy atom. The molecule has 1 aliphatic heterocycles. The third-order valence-corrected chi connectivity index (χ3v) is 2.07. The highest BCUT2D eigenvalue weighted by Gasteiger charge is 2.17. The van der Waals surface area contributed by atoms with Crippen LogP contribution in [0.4, 0.5) is 5.69 Å². The Morgan fingerprint density at radius 3 is 3.23 bits per heavy atom. The second kappa shape index (κ2) is 3.15. The first-order valence-corrected chi connectivity index (χ1v) is 4.26. The van der Waals surface area contributed by atoms with E-state index in [2.05, 4.69) is 11.4 Å². The Balaban J connectivity index is 2.34. The second-order valence-electron chi connectivity index (χ2n) is 2.78. The Labute approximate surface area is 80.9 Å². The van der Waals surface area contributed by atoms with Gasteiger partial charge in [0.2, 0.25) is 0 Å².